The number of nitrogens with zero attached hydrogens (tertiary/aromatic N) is 1. The van der Waals surface area contributed by atoms with Crippen molar-refractivity contribution in [3.8, 4) is 0 Å². The first-order valence-corrected chi connectivity index (χ1v) is 17.8. The van der Waals surface area contributed by atoms with Crippen LogP contribution in [0.1, 0.15) is 57.7 Å². The fourth-order valence-corrected chi connectivity index (χ4v) is 7.35. The minimum absolute atomic E-state index is 0.215. The highest BCUT2D eigenvalue weighted by Crippen LogP contribution is 2.42. The van der Waals surface area contributed by atoms with Crippen LogP contribution in [0.25, 0.3) is 24.3 Å². The second-order valence-corrected chi connectivity index (χ2v) is 13.4. The molecule has 0 bridgehead atoms. The molecule has 1 heterocycles. The van der Waals surface area contributed by atoms with E-state index in [1.54, 1.807) is 0 Å². The van der Waals surface area contributed by atoms with E-state index in [4.69, 9.17) is 0 Å². The first-order valence-electron chi connectivity index (χ1n) is 17.8. The van der Waals surface area contributed by atoms with Gasteiger partial charge >= 0.3 is 0 Å². The fourth-order valence-electron chi connectivity index (χ4n) is 7.35. The molecule has 0 fully saturated rings. The lowest BCUT2D eigenvalue weighted by Crippen LogP contribution is -2.26. The summed E-state index contributed by atoms with van der Waals surface area (Å²) in [6.45, 7) is 2.19. The minimum atomic E-state index is 0.215. The number of rotatable bonds is 8. The lowest BCUT2D eigenvalue weighted by atomic mass is 9.85. The second-order valence-electron chi connectivity index (χ2n) is 13.4. The highest BCUT2D eigenvalue weighted by molar-refractivity contribution is 5.78. The second kappa shape index (κ2) is 14.3. The highest BCUT2D eigenvalue weighted by Gasteiger charge is 2.26. The third-order valence-corrected chi connectivity index (χ3v) is 10.1. The van der Waals surface area contributed by atoms with Gasteiger partial charge in [0.1, 0.15) is 0 Å². The summed E-state index contributed by atoms with van der Waals surface area (Å²) >= 11 is 0. The lowest BCUT2D eigenvalue weighted by molar-refractivity contribution is 0.751. The molecule has 0 aromatic heterocycles. The van der Waals surface area contributed by atoms with Crippen LogP contribution in [-0.4, -0.2) is 6.04 Å². The van der Waals surface area contributed by atoms with Gasteiger partial charge in [-0.1, -0.05) is 146 Å². The van der Waals surface area contributed by atoms with Gasteiger partial charge in [-0.25, -0.2) is 0 Å². The third kappa shape index (κ3) is 6.84. The summed E-state index contributed by atoms with van der Waals surface area (Å²) in [6, 6.07) is 44.1. The number of allylic oxidation sites excluding steroid dienone is 5. The van der Waals surface area contributed by atoms with Crippen molar-refractivity contribution in [3.05, 3.63) is 208 Å². The van der Waals surface area contributed by atoms with Gasteiger partial charge in [-0.3, -0.25) is 0 Å². The summed E-state index contributed by atoms with van der Waals surface area (Å²) in [4.78, 5) is 2.43. The molecule has 244 valence electrons. The summed E-state index contributed by atoms with van der Waals surface area (Å²) < 4.78 is 0. The van der Waals surface area contributed by atoms with Crippen molar-refractivity contribution in [3.63, 3.8) is 0 Å². The Bertz CT molecular complexity index is 2160. The van der Waals surface area contributed by atoms with Gasteiger partial charge in [-0.05, 0) is 107 Å². The van der Waals surface area contributed by atoms with E-state index in [1.165, 1.54) is 61.6 Å². The number of fused-ring (bicyclic) bond motifs is 1. The van der Waals surface area contributed by atoms with Gasteiger partial charge in [0.2, 0.25) is 0 Å². The monoisotopic (exact) mass is 646 g/mol. The summed E-state index contributed by atoms with van der Waals surface area (Å²) in [7, 11) is 0. The van der Waals surface area contributed by atoms with Crippen LogP contribution in [0.5, 0.6) is 0 Å². The molecular weight excluding hydrogens is 605 g/mol. The Morgan fingerprint density at radius 2 is 1.24 bits per heavy atom. The van der Waals surface area contributed by atoms with Crippen LogP contribution in [0.3, 0.4) is 0 Å². The van der Waals surface area contributed by atoms with E-state index in [0.717, 1.165) is 24.9 Å². The zero-order chi connectivity index (χ0) is 33.7. The topological polar surface area (TPSA) is 15.3 Å². The molecule has 2 unspecified atom stereocenters. The van der Waals surface area contributed by atoms with E-state index >= 15 is 0 Å². The molecule has 50 heavy (non-hydrogen) atoms. The van der Waals surface area contributed by atoms with Crippen LogP contribution < -0.4 is 10.2 Å². The molecule has 1 aliphatic heterocycles. The van der Waals surface area contributed by atoms with Crippen molar-refractivity contribution in [1.82, 2.24) is 0 Å². The number of hydrogen-bond donors (Lipinski definition) is 1. The number of benzene rings is 5. The van der Waals surface area contributed by atoms with E-state index in [-0.39, 0.29) is 6.04 Å². The molecule has 5 aromatic rings. The van der Waals surface area contributed by atoms with E-state index in [2.05, 4.69) is 199 Å². The normalized spacial score (nSPS) is 18.1. The number of hydrogen-bond acceptors (Lipinski definition) is 2. The largest absolute Gasteiger partial charge is 0.378 e. The Hall–Kier alpha value is -5.86. The van der Waals surface area contributed by atoms with Crippen molar-refractivity contribution in [2.45, 2.75) is 38.1 Å². The SMILES string of the molecule is Cc1ccccc1C1C=CC=CC1Nc1ccc(/C=C/c2ccc(/C=C/c3ccc(N4C5=C(CCC=C5)Cc5ccccc54)cc3)cc2)cc1. The van der Waals surface area contributed by atoms with Crippen molar-refractivity contribution in [1.29, 1.82) is 0 Å². The van der Waals surface area contributed by atoms with Gasteiger partial charge in [0.15, 0.2) is 0 Å². The Morgan fingerprint density at radius 1 is 0.640 bits per heavy atom. The molecule has 0 radical (unpaired) electrons. The molecule has 2 atom stereocenters. The van der Waals surface area contributed by atoms with Gasteiger partial charge in [-0.15, -0.1) is 0 Å². The molecule has 8 rings (SSSR count). The highest BCUT2D eigenvalue weighted by atomic mass is 15.2. The van der Waals surface area contributed by atoms with Crippen molar-refractivity contribution in [2.75, 3.05) is 10.2 Å². The summed E-state index contributed by atoms with van der Waals surface area (Å²) in [6.07, 6.45) is 25.5. The number of aryl methyl sites for hydroxylation is 1. The van der Waals surface area contributed by atoms with E-state index in [9.17, 15) is 0 Å². The van der Waals surface area contributed by atoms with Gasteiger partial charge < -0.3 is 10.2 Å². The van der Waals surface area contributed by atoms with Crippen LogP contribution in [0.4, 0.5) is 17.1 Å². The standard InChI is InChI=1S/C48H42N2/c1-35-10-2-5-13-44(35)45-14-6-7-15-46(45)49-42-30-26-38(27-31-42)24-22-36-18-20-37(21-19-36)23-25-39-28-32-43(33-29-39)50-47-16-8-3-11-40(47)34-41-12-4-9-17-48(41)50/h2-3,5-11,13-33,45-46,49H,4,12,34H2,1H3/b24-22+,25-23+. The van der Waals surface area contributed by atoms with Crippen LogP contribution in [0.2, 0.25) is 0 Å². The Labute approximate surface area is 296 Å². The predicted octanol–water partition coefficient (Wildman–Crippen LogP) is 12.3. The molecule has 0 spiro atoms. The molecule has 0 amide bonds. The molecule has 0 saturated heterocycles. The van der Waals surface area contributed by atoms with Crippen LogP contribution in [0.15, 0.2) is 169 Å². The molecule has 2 nitrogen and oxygen atoms in total. The first-order chi connectivity index (χ1) is 24.7. The maximum atomic E-state index is 3.74. The fraction of sp³-hybridized carbons (Fsp3) is 0.125. The van der Waals surface area contributed by atoms with E-state index in [0.29, 0.717) is 5.92 Å². The van der Waals surface area contributed by atoms with Gasteiger partial charge in [0.25, 0.3) is 0 Å². The lowest BCUT2D eigenvalue weighted by Gasteiger charge is -2.36. The number of nitrogens with one attached hydrogen (secondary N) is 1. The van der Waals surface area contributed by atoms with E-state index in [1.807, 2.05) is 0 Å². The molecule has 1 N–H and O–H groups in total. The summed E-state index contributed by atoms with van der Waals surface area (Å²) in [5.74, 6) is 0.308. The molecule has 3 aliphatic rings. The van der Waals surface area contributed by atoms with Gasteiger partial charge in [-0.2, -0.15) is 0 Å². The maximum Gasteiger partial charge on any atom is 0.0551 e. The predicted molar refractivity (Wildman–Crippen MR) is 214 cm³/mol. The Balaban J connectivity index is 0.891. The van der Waals surface area contributed by atoms with Crippen LogP contribution in [0, 0.1) is 6.92 Å². The van der Waals surface area contributed by atoms with Crippen LogP contribution in [-0.2, 0) is 6.42 Å². The van der Waals surface area contributed by atoms with Crippen LogP contribution >= 0.6 is 0 Å². The van der Waals surface area contributed by atoms with Crippen molar-refractivity contribution in [2.24, 2.45) is 0 Å². The quantitative estimate of drug-likeness (QED) is 0.169. The maximum absolute atomic E-state index is 3.74. The average molecular weight is 647 g/mol. The number of para-hydroxylation sites is 1. The molecule has 5 aromatic carbocycles. The first kappa shape index (κ1) is 31.4. The Kier molecular flexibility index (Phi) is 9.00. The van der Waals surface area contributed by atoms with Crippen molar-refractivity contribution < 1.29 is 0 Å². The average Bonchev–Trinajstić information content (AvgIpc) is 3.17. The minimum Gasteiger partial charge on any atom is -0.378 e. The Morgan fingerprint density at radius 3 is 1.94 bits per heavy atom. The molecule has 0 saturated carbocycles. The van der Waals surface area contributed by atoms with Gasteiger partial charge in [0, 0.05) is 28.7 Å². The molecule has 2 aliphatic carbocycles. The molecule has 2 heteroatoms. The molecular formula is C48H42N2. The van der Waals surface area contributed by atoms with E-state index < -0.39 is 0 Å². The zero-order valence-electron chi connectivity index (χ0n) is 28.5. The summed E-state index contributed by atoms with van der Waals surface area (Å²) in [5, 5.41) is 3.74. The van der Waals surface area contributed by atoms with Crippen molar-refractivity contribution >= 4 is 41.4 Å². The zero-order valence-corrected chi connectivity index (χ0v) is 28.5. The number of anilines is 3. The van der Waals surface area contributed by atoms with Gasteiger partial charge in [0.05, 0.1) is 6.04 Å². The third-order valence-electron chi connectivity index (χ3n) is 10.1. The smallest absolute Gasteiger partial charge is 0.0551 e. The summed E-state index contributed by atoms with van der Waals surface area (Å²) in [5.41, 5.74) is 15.4.